The van der Waals surface area contributed by atoms with Crippen LogP contribution >= 0.6 is 21.0 Å². The Labute approximate surface area is 200 Å². The molecule has 1 aromatic carbocycles. The Morgan fingerprint density at radius 1 is 1.13 bits per heavy atom. The van der Waals surface area contributed by atoms with Crippen LogP contribution in [0.4, 0.5) is 5.69 Å². The molecule has 0 aliphatic heterocycles. The van der Waals surface area contributed by atoms with Gasteiger partial charge in [0.25, 0.3) is 0 Å². The van der Waals surface area contributed by atoms with Crippen LogP contribution in [0, 0.1) is 12.3 Å². The Balaban J connectivity index is 0. The smallest absolute Gasteiger partial charge is 0.101 e. The molecule has 4 heteroatoms. The summed E-state index contributed by atoms with van der Waals surface area (Å²) >= 11 is 1.82. The molecule has 0 spiro atoms. The number of benzene rings is 1. The fourth-order valence-corrected chi connectivity index (χ4v) is 4.14. The van der Waals surface area contributed by atoms with Gasteiger partial charge in [-0.3, -0.25) is 5.41 Å². The molecule has 0 aromatic heterocycles. The van der Waals surface area contributed by atoms with Crippen molar-refractivity contribution in [2.24, 2.45) is 0 Å². The van der Waals surface area contributed by atoms with E-state index in [2.05, 4.69) is 84.3 Å². The highest BCUT2D eigenvalue weighted by atomic mass is 32.2. The van der Waals surface area contributed by atoms with Crippen molar-refractivity contribution >= 4 is 37.8 Å². The van der Waals surface area contributed by atoms with Crippen LogP contribution in [-0.2, 0) is 0 Å². The van der Waals surface area contributed by atoms with E-state index in [1.165, 1.54) is 27.0 Å². The third-order valence-corrected chi connectivity index (χ3v) is 5.60. The molecule has 31 heavy (non-hydrogen) atoms. The van der Waals surface area contributed by atoms with E-state index in [0.717, 1.165) is 31.6 Å². The minimum absolute atomic E-state index is 0.705. The molecule has 1 unspecified atom stereocenters. The normalized spacial score (nSPS) is 10.6. The van der Waals surface area contributed by atoms with Gasteiger partial charge in [-0.1, -0.05) is 83.0 Å². The van der Waals surface area contributed by atoms with E-state index in [0.29, 0.717) is 5.84 Å². The van der Waals surface area contributed by atoms with Crippen molar-refractivity contribution in [1.82, 2.24) is 0 Å². The highest BCUT2D eigenvalue weighted by molar-refractivity contribution is 8.03. The predicted molar refractivity (Wildman–Crippen MR) is 153 cm³/mol. The third-order valence-electron chi connectivity index (χ3n) is 4.12. The molecular weight excluding hydrogens is 415 g/mol. The van der Waals surface area contributed by atoms with E-state index in [1.807, 2.05) is 46.4 Å². The Morgan fingerprint density at radius 2 is 1.77 bits per heavy atom. The maximum absolute atomic E-state index is 8.73. The van der Waals surface area contributed by atoms with Gasteiger partial charge in [0.1, 0.15) is 5.84 Å². The van der Waals surface area contributed by atoms with Gasteiger partial charge in [0.15, 0.2) is 0 Å². The number of amidine groups is 1. The first-order chi connectivity index (χ1) is 14.9. The molecule has 1 N–H and O–H groups in total. The van der Waals surface area contributed by atoms with Crippen molar-refractivity contribution < 1.29 is 0 Å². The fraction of sp³-hybridized carbons (Fsp3) is 0.519. The molecule has 1 rings (SSSR count). The van der Waals surface area contributed by atoms with Crippen LogP contribution < -0.4 is 10.2 Å². The van der Waals surface area contributed by atoms with Gasteiger partial charge < -0.3 is 4.90 Å². The van der Waals surface area contributed by atoms with Crippen LogP contribution in [0.25, 0.3) is 0 Å². The average molecular weight is 463 g/mol. The Morgan fingerprint density at radius 3 is 2.29 bits per heavy atom. The van der Waals surface area contributed by atoms with Crippen LogP contribution in [-0.4, -0.2) is 18.1 Å². The Hall–Kier alpha value is -1.31. The van der Waals surface area contributed by atoms with Gasteiger partial charge in [-0.25, -0.2) is 0 Å². The second-order valence-corrected chi connectivity index (χ2v) is 8.67. The van der Waals surface area contributed by atoms with Crippen molar-refractivity contribution in [1.29, 1.82) is 5.41 Å². The fourth-order valence-electron chi connectivity index (χ4n) is 2.71. The molecule has 0 saturated heterocycles. The molecule has 1 atom stereocenters. The summed E-state index contributed by atoms with van der Waals surface area (Å²) in [7, 11) is 2.83. The van der Waals surface area contributed by atoms with Crippen LogP contribution in [0.3, 0.4) is 0 Å². The lowest BCUT2D eigenvalue weighted by Crippen LogP contribution is -2.34. The van der Waals surface area contributed by atoms with E-state index in [1.54, 1.807) is 0 Å². The number of hydrogen-bond donors (Lipinski definition) is 1. The molecule has 0 radical (unpaired) electrons. The van der Waals surface area contributed by atoms with Gasteiger partial charge in [-0.15, -0.1) is 21.0 Å². The summed E-state index contributed by atoms with van der Waals surface area (Å²) in [6, 6.07) is 6.33. The highest BCUT2D eigenvalue weighted by Gasteiger charge is 2.16. The zero-order chi connectivity index (χ0) is 24.2. The molecule has 0 aliphatic carbocycles. The lowest BCUT2D eigenvalue weighted by molar-refractivity contribution is 0.788. The number of thioether (sulfide) groups is 1. The van der Waals surface area contributed by atoms with Crippen LogP contribution in [0.1, 0.15) is 80.2 Å². The molecule has 0 amide bonds. The van der Waals surface area contributed by atoms with Crippen LogP contribution in [0.2, 0.25) is 0 Å². The molecular formula is C27H47N2PS. The van der Waals surface area contributed by atoms with Crippen LogP contribution in [0.5, 0.6) is 0 Å². The average Bonchev–Trinajstić information content (AvgIpc) is 2.76. The summed E-state index contributed by atoms with van der Waals surface area (Å²) in [6.45, 7) is 19.5. The lowest BCUT2D eigenvalue weighted by Gasteiger charge is -2.28. The topological polar surface area (TPSA) is 27.1 Å². The van der Waals surface area contributed by atoms with E-state index in [9.17, 15) is 0 Å². The molecule has 2 nitrogen and oxygen atoms in total. The Kier molecular flexibility index (Phi) is 21.2. The third kappa shape index (κ3) is 13.7. The van der Waals surface area contributed by atoms with Gasteiger partial charge in [-0.05, 0) is 51.1 Å². The van der Waals surface area contributed by atoms with E-state index >= 15 is 0 Å². The number of rotatable bonds is 10. The summed E-state index contributed by atoms with van der Waals surface area (Å²) in [5, 5.41) is 9.89. The summed E-state index contributed by atoms with van der Waals surface area (Å²) in [4.78, 5) is 3.45. The first-order valence-corrected chi connectivity index (χ1v) is 13.3. The zero-order valence-electron chi connectivity index (χ0n) is 21.5. The number of anilines is 1. The van der Waals surface area contributed by atoms with E-state index in [-0.39, 0.29) is 0 Å². The summed E-state index contributed by atoms with van der Waals surface area (Å²) in [6.07, 6.45) is 11.5. The molecule has 1 aromatic rings. The molecule has 0 aliphatic rings. The van der Waals surface area contributed by atoms with Gasteiger partial charge >= 0.3 is 0 Å². The van der Waals surface area contributed by atoms with Gasteiger partial charge in [-0.2, -0.15) is 0 Å². The molecule has 0 fully saturated rings. The molecule has 176 valence electrons. The molecule has 0 saturated carbocycles. The maximum atomic E-state index is 8.73. The number of aryl methyl sites for hydroxylation is 1. The summed E-state index contributed by atoms with van der Waals surface area (Å²) in [5.41, 5.74) is 3.71. The second kappa shape index (κ2) is 20.6. The minimum atomic E-state index is 0.705. The van der Waals surface area contributed by atoms with Gasteiger partial charge in [0.2, 0.25) is 0 Å². The molecule has 0 heterocycles. The lowest BCUT2D eigenvalue weighted by atomic mass is 10.1. The van der Waals surface area contributed by atoms with Gasteiger partial charge in [0, 0.05) is 23.6 Å². The first-order valence-electron chi connectivity index (χ1n) is 11.7. The number of nitrogens with one attached hydrogen (secondary N) is 1. The highest BCUT2D eigenvalue weighted by Crippen LogP contribution is 2.24. The Bertz CT molecular complexity index is 681. The van der Waals surface area contributed by atoms with Crippen molar-refractivity contribution in [3.05, 3.63) is 58.5 Å². The van der Waals surface area contributed by atoms with Crippen LogP contribution in [0.15, 0.2) is 53.0 Å². The zero-order valence-corrected chi connectivity index (χ0v) is 23.5. The largest absolute Gasteiger partial charge is 0.330 e. The van der Waals surface area contributed by atoms with E-state index < -0.39 is 0 Å². The van der Waals surface area contributed by atoms with E-state index in [4.69, 9.17) is 5.41 Å². The standard InChI is InChI=1S/C23H35N2PS.2C2H6/c1-6-8-16-25(23-19(5)11-9-12-21(23)26)22(24)15-17-27-20(10-7-2)14-13-18(3)4;2*1-2/h7,9-14,24H,6,8,15-17,26H2,1-5H3;2*1-2H3/b10-7-,20-14+,24-22?;;. The maximum Gasteiger partial charge on any atom is 0.101 e. The first kappa shape index (κ1) is 31.9. The quantitative estimate of drug-likeness (QED) is 0.163. The van der Waals surface area contributed by atoms with Crippen molar-refractivity contribution in [3.8, 4) is 0 Å². The van der Waals surface area contributed by atoms with Gasteiger partial charge in [0.05, 0.1) is 5.69 Å². The van der Waals surface area contributed by atoms with Crippen molar-refractivity contribution in [2.75, 3.05) is 17.2 Å². The number of nitrogens with zero attached hydrogens (tertiary/aromatic N) is 1. The molecule has 0 bridgehead atoms. The predicted octanol–water partition coefficient (Wildman–Crippen LogP) is 8.68. The summed E-state index contributed by atoms with van der Waals surface area (Å²) in [5.74, 6) is 1.61. The minimum Gasteiger partial charge on any atom is -0.330 e. The number of para-hydroxylation sites is 1. The number of hydrogen-bond acceptors (Lipinski definition) is 2. The van der Waals surface area contributed by atoms with Crippen molar-refractivity contribution in [2.45, 2.75) is 81.6 Å². The SMILES string of the molecule is C/C=C\C(=C/C=C(C)C)SCCC(=N)N(CCCC)c1c(C)cccc1P.CC.CC. The summed E-state index contributed by atoms with van der Waals surface area (Å²) < 4.78 is 0. The number of unbranched alkanes of at least 4 members (excludes halogenated alkanes) is 1. The monoisotopic (exact) mass is 462 g/mol. The second-order valence-electron chi connectivity index (χ2n) is 6.88. The van der Waals surface area contributed by atoms with Crippen molar-refractivity contribution in [3.63, 3.8) is 0 Å². The number of allylic oxidation sites excluding steroid dienone is 5.